The quantitative estimate of drug-likeness (QED) is 0.709. The van der Waals surface area contributed by atoms with Gasteiger partial charge in [0.25, 0.3) is 11.8 Å². The number of furan rings is 1. The van der Waals surface area contributed by atoms with Crippen LogP contribution in [-0.4, -0.2) is 58.1 Å². The molecule has 0 spiro atoms. The molecule has 2 aliphatic rings. The molecule has 0 aromatic carbocycles. The van der Waals surface area contributed by atoms with Gasteiger partial charge in [-0.05, 0) is 38.8 Å². The molecule has 1 unspecified atom stereocenters. The van der Waals surface area contributed by atoms with Gasteiger partial charge < -0.3 is 20.0 Å². The van der Waals surface area contributed by atoms with E-state index < -0.39 is 5.54 Å². The van der Waals surface area contributed by atoms with Crippen LogP contribution in [0.1, 0.15) is 72.2 Å². The Kier molecular flexibility index (Phi) is 7.37. The lowest BCUT2D eigenvalue weighted by atomic mass is 9.95. The van der Waals surface area contributed by atoms with E-state index in [2.05, 4.69) is 15.7 Å². The number of hydrogen-bond donors (Lipinski definition) is 2. The largest absolute Gasteiger partial charge is 0.470 e. The molecule has 2 aromatic rings. The second-order valence-electron chi connectivity index (χ2n) is 8.68. The predicted octanol–water partition coefficient (Wildman–Crippen LogP) is 2.51. The summed E-state index contributed by atoms with van der Waals surface area (Å²) in [7, 11) is 3.14. The van der Waals surface area contributed by atoms with Crippen molar-refractivity contribution in [1.82, 2.24) is 25.3 Å². The number of carbonyl (C=O) groups excluding carboxylic acids is 3. The van der Waals surface area contributed by atoms with Gasteiger partial charge in [-0.2, -0.15) is 5.10 Å². The zero-order chi connectivity index (χ0) is 23.3. The van der Waals surface area contributed by atoms with Crippen molar-refractivity contribution < 1.29 is 18.8 Å². The summed E-state index contributed by atoms with van der Waals surface area (Å²) < 4.78 is 6.31. The second-order valence-corrected chi connectivity index (χ2v) is 8.68. The lowest BCUT2D eigenvalue weighted by molar-refractivity contribution is -0.133. The smallest absolute Gasteiger partial charge is 0.272 e. The summed E-state index contributed by atoms with van der Waals surface area (Å²) in [6, 6.07) is 5.42. The molecule has 32 heavy (non-hydrogen) atoms. The Morgan fingerprint density at radius 3 is 2.44 bits per heavy atom. The summed E-state index contributed by atoms with van der Waals surface area (Å²) in [6.45, 7) is 3.89. The van der Waals surface area contributed by atoms with Gasteiger partial charge >= 0.3 is 0 Å². The van der Waals surface area contributed by atoms with E-state index in [0.29, 0.717) is 5.69 Å². The number of amides is 3. The molecule has 9 heteroatoms. The summed E-state index contributed by atoms with van der Waals surface area (Å²) in [4.78, 5) is 39.1. The number of nitrogens with one attached hydrogen (secondary N) is 2. The molecule has 3 heterocycles. The zero-order valence-corrected chi connectivity index (χ0v) is 19.3. The van der Waals surface area contributed by atoms with Gasteiger partial charge in [0.05, 0.1) is 12.8 Å². The van der Waals surface area contributed by atoms with Crippen LogP contribution in [0.3, 0.4) is 0 Å². The first-order valence-electron chi connectivity index (χ1n) is 11.2. The van der Waals surface area contributed by atoms with Crippen LogP contribution in [0, 0.1) is 6.92 Å². The fourth-order valence-electron chi connectivity index (χ4n) is 4.09. The molecular formula is C23H33N5O4. The van der Waals surface area contributed by atoms with E-state index in [9.17, 15) is 14.4 Å². The topological polar surface area (TPSA) is 109 Å². The highest BCUT2D eigenvalue weighted by Gasteiger charge is 2.46. The molecule has 1 saturated carbocycles. The lowest BCUT2D eigenvalue weighted by Gasteiger charge is -2.41. The van der Waals surface area contributed by atoms with Gasteiger partial charge in [0, 0.05) is 26.2 Å². The number of hydrogen-bond acceptors (Lipinski definition) is 5. The third-order valence-corrected chi connectivity index (χ3v) is 6.30. The molecule has 1 aliphatic heterocycles. The van der Waals surface area contributed by atoms with Gasteiger partial charge in [-0.1, -0.05) is 25.7 Å². The Balaban J connectivity index is 0.000000416. The number of aromatic nitrogens is 2. The van der Waals surface area contributed by atoms with Crippen LogP contribution < -0.4 is 10.6 Å². The van der Waals surface area contributed by atoms with Crippen molar-refractivity contribution in [3.8, 4) is 0 Å². The minimum atomic E-state index is -1.04. The third-order valence-electron chi connectivity index (χ3n) is 6.30. The molecule has 1 fully saturated rings. The van der Waals surface area contributed by atoms with Crippen LogP contribution in [0.4, 0.5) is 0 Å². The van der Waals surface area contributed by atoms with Crippen molar-refractivity contribution in [2.45, 2.75) is 70.5 Å². The van der Waals surface area contributed by atoms with Gasteiger partial charge in [-0.25, -0.2) is 0 Å². The average Bonchev–Trinajstić information content (AvgIpc) is 3.35. The Labute approximate surface area is 188 Å². The number of rotatable bonds is 3. The van der Waals surface area contributed by atoms with Crippen molar-refractivity contribution in [2.75, 3.05) is 14.1 Å². The summed E-state index contributed by atoms with van der Waals surface area (Å²) in [5, 5.41) is 9.86. The van der Waals surface area contributed by atoms with E-state index in [0.717, 1.165) is 31.4 Å². The molecule has 2 N–H and O–H groups in total. The fraction of sp³-hybridized carbons (Fsp3) is 0.565. The van der Waals surface area contributed by atoms with Gasteiger partial charge in [0.2, 0.25) is 5.91 Å². The van der Waals surface area contributed by atoms with E-state index in [1.165, 1.54) is 35.5 Å². The van der Waals surface area contributed by atoms with Crippen LogP contribution in [0.25, 0.3) is 0 Å². The van der Waals surface area contributed by atoms with E-state index in [1.54, 1.807) is 20.2 Å². The Morgan fingerprint density at radius 1 is 1.22 bits per heavy atom. The summed E-state index contributed by atoms with van der Waals surface area (Å²) in [5.41, 5.74) is -0.536. The van der Waals surface area contributed by atoms with Crippen LogP contribution >= 0.6 is 0 Å². The monoisotopic (exact) mass is 443 g/mol. The molecule has 2 aromatic heterocycles. The molecule has 4 rings (SSSR count). The van der Waals surface area contributed by atoms with Gasteiger partial charge in [0.1, 0.15) is 17.0 Å². The van der Waals surface area contributed by atoms with Crippen molar-refractivity contribution in [3.63, 3.8) is 0 Å². The zero-order valence-electron chi connectivity index (χ0n) is 19.3. The maximum atomic E-state index is 13.0. The van der Waals surface area contributed by atoms with Gasteiger partial charge in [-0.3, -0.25) is 19.1 Å². The molecule has 0 bridgehead atoms. The molecule has 1 atom stereocenters. The average molecular weight is 444 g/mol. The SMILES string of the molecule is CNC(=O)c1cc2n(n1)CC(C)(C(=O)NC1CCCCCC1)N(C)C2=O.Cc1ccco1. The van der Waals surface area contributed by atoms with E-state index in [1.807, 2.05) is 19.1 Å². The summed E-state index contributed by atoms with van der Waals surface area (Å²) >= 11 is 0. The Morgan fingerprint density at radius 2 is 1.91 bits per heavy atom. The highest BCUT2D eigenvalue weighted by molar-refractivity contribution is 6.01. The number of fused-ring (bicyclic) bond motifs is 1. The number of carbonyl (C=O) groups is 3. The molecule has 174 valence electrons. The van der Waals surface area contributed by atoms with Crippen LogP contribution in [-0.2, 0) is 11.3 Å². The van der Waals surface area contributed by atoms with Crippen molar-refractivity contribution in [3.05, 3.63) is 41.6 Å². The lowest BCUT2D eigenvalue weighted by Crippen LogP contribution is -2.63. The van der Waals surface area contributed by atoms with Crippen molar-refractivity contribution in [2.24, 2.45) is 0 Å². The number of nitrogens with zero attached hydrogens (tertiary/aromatic N) is 3. The minimum absolute atomic E-state index is 0.158. The van der Waals surface area contributed by atoms with E-state index in [4.69, 9.17) is 4.42 Å². The Bertz CT molecular complexity index is 944. The normalized spacial score (nSPS) is 21.1. The first-order valence-corrected chi connectivity index (χ1v) is 11.2. The minimum Gasteiger partial charge on any atom is -0.470 e. The molecule has 0 radical (unpaired) electrons. The molecule has 3 amide bonds. The van der Waals surface area contributed by atoms with Crippen LogP contribution in [0.5, 0.6) is 0 Å². The standard InChI is InChI=1S/C18H27N5O3.C5H6O/c1-18(17(26)20-12-8-6-4-5-7-9-12)11-23-14(16(25)22(18)3)10-13(21-23)15(24)19-2;1-5-3-2-4-6-5/h10,12H,4-9,11H2,1-3H3,(H,19,24)(H,20,26);2-4H,1H3. The maximum absolute atomic E-state index is 13.0. The first-order chi connectivity index (χ1) is 15.3. The molecular weight excluding hydrogens is 410 g/mol. The molecule has 1 aliphatic carbocycles. The summed E-state index contributed by atoms with van der Waals surface area (Å²) in [5.74, 6) is 0.141. The number of likely N-dealkylation sites (N-methyl/N-ethyl adjacent to an activating group) is 1. The van der Waals surface area contributed by atoms with Gasteiger partial charge in [0.15, 0.2) is 5.69 Å². The summed E-state index contributed by atoms with van der Waals surface area (Å²) in [6.07, 6.45) is 8.28. The Hall–Kier alpha value is -3.10. The van der Waals surface area contributed by atoms with E-state index in [-0.39, 0.29) is 36.0 Å². The first kappa shape index (κ1) is 23.6. The third kappa shape index (κ3) is 5.03. The van der Waals surface area contributed by atoms with E-state index >= 15 is 0 Å². The molecule has 0 saturated heterocycles. The number of aryl methyl sites for hydroxylation is 1. The van der Waals surface area contributed by atoms with Crippen LogP contribution in [0.15, 0.2) is 28.9 Å². The second kappa shape index (κ2) is 10.0. The fourth-order valence-corrected chi connectivity index (χ4v) is 4.09. The molecule has 9 nitrogen and oxygen atoms in total. The van der Waals surface area contributed by atoms with Crippen molar-refractivity contribution in [1.29, 1.82) is 0 Å². The van der Waals surface area contributed by atoms with Gasteiger partial charge in [-0.15, -0.1) is 0 Å². The predicted molar refractivity (Wildman–Crippen MR) is 119 cm³/mol. The van der Waals surface area contributed by atoms with Crippen molar-refractivity contribution >= 4 is 17.7 Å². The maximum Gasteiger partial charge on any atom is 0.272 e. The highest BCUT2D eigenvalue weighted by atomic mass is 16.3. The van der Waals surface area contributed by atoms with Crippen LogP contribution in [0.2, 0.25) is 0 Å². The highest BCUT2D eigenvalue weighted by Crippen LogP contribution is 2.27.